The van der Waals surface area contributed by atoms with Crippen LogP contribution in [0.25, 0.3) is 0 Å². The van der Waals surface area contributed by atoms with Gasteiger partial charge in [-0.3, -0.25) is 10.1 Å². The molecule has 0 bridgehead atoms. The molecule has 0 spiro atoms. The maximum atomic E-state index is 12.7. The van der Waals surface area contributed by atoms with Crippen molar-refractivity contribution >= 4 is 37.7 Å². The topological polar surface area (TPSA) is 110 Å². The summed E-state index contributed by atoms with van der Waals surface area (Å²) in [5.41, 5.74) is -0.105. The summed E-state index contributed by atoms with van der Waals surface area (Å²) in [5, 5.41) is 10.6. The molecule has 0 N–H and O–H groups in total. The van der Waals surface area contributed by atoms with Crippen molar-refractivity contribution in [3.63, 3.8) is 0 Å². The minimum Gasteiger partial charge on any atom is -0.410 e. The summed E-state index contributed by atoms with van der Waals surface area (Å²) in [4.78, 5) is 23.9. The van der Waals surface area contributed by atoms with Crippen LogP contribution >= 0.6 is 15.9 Å². The largest absolute Gasteiger partial charge is 0.415 e. The van der Waals surface area contributed by atoms with Crippen molar-refractivity contribution in [3.8, 4) is 5.75 Å². The van der Waals surface area contributed by atoms with Gasteiger partial charge in [-0.25, -0.2) is 13.2 Å². The maximum Gasteiger partial charge on any atom is 0.415 e. The number of hydrogen-bond donors (Lipinski definition) is 0. The molecule has 28 heavy (non-hydrogen) atoms. The van der Waals surface area contributed by atoms with Gasteiger partial charge >= 0.3 is 6.09 Å². The van der Waals surface area contributed by atoms with E-state index in [0.29, 0.717) is 0 Å². The average molecular weight is 470 g/mol. The quantitative estimate of drug-likeness (QED) is 0.502. The summed E-state index contributed by atoms with van der Waals surface area (Å²) in [6.07, 6.45) is -0.630. The number of non-ortho nitro benzene ring substituents is 1. The zero-order valence-corrected chi connectivity index (χ0v) is 16.9. The van der Waals surface area contributed by atoms with Crippen LogP contribution in [-0.4, -0.2) is 54.8 Å². The Labute approximate surface area is 169 Å². The summed E-state index contributed by atoms with van der Waals surface area (Å²) < 4.78 is 32.7. The molecule has 0 unspecified atom stereocenters. The van der Waals surface area contributed by atoms with Crippen LogP contribution in [0.2, 0.25) is 0 Å². The molecule has 2 aromatic rings. The van der Waals surface area contributed by atoms with Crippen molar-refractivity contribution in [1.82, 2.24) is 9.21 Å². The third kappa shape index (κ3) is 4.49. The van der Waals surface area contributed by atoms with E-state index < -0.39 is 21.0 Å². The number of ether oxygens (including phenoxy) is 1. The predicted octanol–water partition coefficient (Wildman–Crippen LogP) is 2.86. The zero-order chi connectivity index (χ0) is 20.3. The highest BCUT2D eigenvalue weighted by Gasteiger charge is 2.30. The summed E-state index contributed by atoms with van der Waals surface area (Å²) in [6, 6.07) is 11.5. The highest BCUT2D eigenvalue weighted by atomic mass is 79.9. The number of sulfonamides is 1. The van der Waals surface area contributed by atoms with Crippen LogP contribution in [0.15, 0.2) is 57.9 Å². The lowest BCUT2D eigenvalue weighted by Gasteiger charge is -2.33. The molecule has 11 heteroatoms. The van der Waals surface area contributed by atoms with E-state index >= 15 is 0 Å². The number of nitro benzene ring substituents is 1. The Balaban J connectivity index is 1.59. The average Bonchev–Trinajstić information content (AvgIpc) is 2.69. The van der Waals surface area contributed by atoms with E-state index in [1.54, 1.807) is 12.1 Å². The van der Waals surface area contributed by atoms with Gasteiger partial charge in [-0.05, 0) is 36.4 Å². The predicted molar refractivity (Wildman–Crippen MR) is 104 cm³/mol. The van der Waals surface area contributed by atoms with Gasteiger partial charge in [0.1, 0.15) is 5.75 Å². The molecule has 0 atom stereocenters. The van der Waals surface area contributed by atoms with E-state index in [4.69, 9.17) is 4.74 Å². The molecule has 1 aliphatic heterocycles. The monoisotopic (exact) mass is 469 g/mol. The van der Waals surface area contributed by atoms with Gasteiger partial charge in [0.15, 0.2) is 0 Å². The van der Waals surface area contributed by atoms with Gasteiger partial charge in [0.05, 0.1) is 9.82 Å². The molecule has 1 amide bonds. The first-order valence-electron chi connectivity index (χ1n) is 8.24. The summed E-state index contributed by atoms with van der Waals surface area (Å²) in [5.74, 6) is 0.181. The molecule has 148 valence electrons. The number of carbonyl (C=O) groups is 1. The maximum absolute atomic E-state index is 12.7. The number of nitrogens with zero attached hydrogens (tertiary/aromatic N) is 3. The van der Waals surface area contributed by atoms with Gasteiger partial charge in [0.2, 0.25) is 10.0 Å². The van der Waals surface area contributed by atoms with Crippen LogP contribution in [0.5, 0.6) is 5.75 Å². The Hall–Kier alpha value is -2.50. The third-order valence-electron chi connectivity index (χ3n) is 4.20. The van der Waals surface area contributed by atoms with E-state index in [-0.39, 0.29) is 42.5 Å². The fourth-order valence-electron chi connectivity index (χ4n) is 2.67. The van der Waals surface area contributed by atoms with Crippen molar-refractivity contribution in [1.29, 1.82) is 0 Å². The Morgan fingerprint density at radius 1 is 1.00 bits per heavy atom. The lowest BCUT2D eigenvalue weighted by Crippen LogP contribution is -2.51. The van der Waals surface area contributed by atoms with E-state index in [0.717, 1.165) is 4.47 Å². The molecule has 0 aromatic heterocycles. The number of hydrogen-bond acceptors (Lipinski definition) is 6. The highest BCUT2D eigenvalue weighted by molar-refractivity contribution is 9.10. The van der Waals surface area contributed by atoms with Gasteiger partial charge in [0.25, 0.3) is 5.69 Å². The van der Waals surface area contributed by atoms with E-state index in [1.807, 2.05) is 0 Å². The molecule has 0 radical (unpaired) electrons. The normalized spacial score (nSPS) is 15.2. The van der Waals surface area contributed by atoms with Crippen LogP contribution in [-0.2, 0) is 10.0 Å². The van der Waals surface area contributed by atoms with Crippen molar-refractivity contribution in [2.45, 2.75) is 4.90 Å². The molecular weight excluding hydrogens is 454 g/mol. The van der Waals surface area contributed by atoms with Gasteiger partial charge < -0.3 is 9.64 Å². The standard InChI is InChI=1S/C17H16BrN3O6S/c18-13-1-7-16(8-2-13)28(25,26)20-11-9-19(10-12-20)17(22)27-15-5-3-14(4-6-15)21(23)24/h1-8H,9-12H2. The Morgan fingerprint density at radius 3 is 2.11 bits per heavy atom. The van der Waals surface area contributed by atoms with E-state index in [9.17, 15) is 23.3 Å². The van der Waals surface area contributed by atoms with Crippen molar-refractivity contribution in [3.05, 3.63) is 63.1 Å². The number of carbonyl (C=O) groups excluding carboxylic acids is 1. The molecule has 1 heterocycles. The SMILES string of the molecule is O=C(Oc1ccc([N+](=O)[O-])cc1)N1CCN(S(=O)(=O)c2ccc(Br)cc2)CC1. The fourth-order valence-corrected chi connectivity index (χ4v) is 4.35. The van der Waals surface area contributed by atoms with Crippen LogP contribution in [0, 0.1) is 10.1 Å². The summed E-state index contributed by atoms with van der Waals surface area (Å²) in [6.45, 7) is 0.657. The third-order valence-corrected chi connectivity index (χ3v) is 6.64. The van der Waals surface area contributed by atoms with Gasteiger partial charge in [-0.15, -0.1) is 0 Å². The lowest BCUT2D eigenvalue weighted by molar-refractivity contribution is -0.384. The fraction of sp³-hybridized carbons (Fsp3) is 0.235. The Kier molecular flexibility index (Phi) is 5.96. The summed E-state index contributed by atoms with van der Waals surface area (Å²) in [7, 11) is -3.63. The number of amides is 1. The number of nitro groups is 1. The number of benzene rings is 2. The van der Waals surface area contributed by atoms with E-state index in [1.165, 1.54) is 45.6 Å². The zero-order valence-electron chi connectivity index (χ0n) is 14.5. The second kappa shape index (κ2) is 8.25. The second-order valence-electron chi connectivity index (χ2n) is 5.96. The van der Waals surface area contributed by atoms with Crippen LogP contribution < -0.4 is 4.74 Å². The summed E-state index contributed by atoms with van der Waals surface area (Å²) >= 11 is 3.27. The van der Waals surface area contributed by atoms with Gasteiger partial charge in [-0.1, -0.05) is 15.9 Å². The first-order valence-corrected chi connectivity index (χ1v) is 10.5. The van der Waals surface area contributed by atoms with Crippen LogP contribution in [0.3, 0.4) is 0 Å². The van der Waals surface area contributed by atoms with Crippen LogP contribution in [0.4, 0.5) is 10.5 Å². The molecule has 3 rings (SSSR count). The van der Waals surface area contributed by atoms with Gasteiger partial charge in [-0.2, -0.15) is 4.31 Å². The minimum absolute atomic E-state index is 0.105. The molecule has 0 aliphatic carbocycles. The minimum atomic E-state index is -3.63. The molecule has 9 nitrogen and oxygen atoms in total. The molecule has 1 saturated heterocycles. The number of halogens is 1. The first kappa shape index (κ1) is 20.2. The van der Waals surface area contributed by atoms with Crippen molar-refractivity contribution in [2.75, 3.05) is 26.2 Å². The number of rotatable bonds is 4. The second-order valence-corrected chi connectivity index (χ2v) is 8.82. The lowest BCUT2D eigenvalue weighted by atomic mass is 10.3. The molecular formula is C17H16BrN3O6S. The van der Waals surface area contributed by atoms with E-state index in [2.05, 4.69) is 15.9 Å². The first-order chi connectivity index (χ1) is 13.3. The molecule has 2 aromatic carbocycles. The highest BCUT2D eigenvalue weighted by Crippen LogP contribution is 2.21. The Morgan fingerprint density at radius 2 is 1.57 bits per heavy atom. The van der Waals surface area contributed by atoms with Crippen LogP contribution in [0.1, 0.15) is 0 Å². The Bertz CT molecular complexity index is 971. The van der Waals surface area contributed by atoms with Gasteiger partial charge in [0, 0.05) is 42.8 Å². The van der Waals surface area contributed by atoms with Crippen molar-refractivity contribution < 1.29 is 22.9 Å². The van der Waals surface area contributed by atoms with Crippen molar-refractivity contribution in [2.24, 2.45) is 0 Å². The number of piperazine rings is 1. The smallest absolute Gasteiger partial charge is 0.410 e. The molecule has 1 aliphatic rings. The molecule has 1 fully saturated rings. The molecule has 0 saturated carbocycles.